The first-order valence-electron chi connectivity index (χ1n) is 5.38. The van der Waals surface area contributed by atoms with E-state index < -0.39 is 0 Å². The van der Waals surface area contributed by atoms with E-state index in [-0.39, 0.29) is 5.97 Å². The van der Waals surface area contributed by atoms with Crippen LogP contribution in [-0.2, 0) is 17.7 Å². The van der Waals surface area contributed by atoms with Gasteiger partial charge in [0.2, 0.25) is 5.82 Å². The van der Waals surface area contributed by atoms with Crippen molar-refractivity contribution in [3.8, 4) is 0 Å². The van der Waals surface area contributed by atoms with E-state index in [1.807, 2.05) is 25.3 Å². The maximum Gasteiger partial charge on any atom is 0.374 e. The van der Waals surface area contributed by atoms with Gasteiger partial charge in [-0.1, -0.05) is 13.8 Å². The van der Waals surface area contributed by atoms with Crippen LogP contribution in [-0.4, -0.2) is 22.6 Å². The van der Waals surface area contributed by atoms with Crippen LogP contribution in [0.2, 0.25) is 0 Å². The molecule has 0 bridgehead atoms. The Morgan fingerprint density at radius 1 is 1.47 bits per heavy atom. The zero-order valence-corrected chi connectivity index (χ0v) is 9.83. The number of hydrogen-bond acceptors (Lipinski definition) is 3. The Balaban J connectivity index is 0.000000531. The van der Waals surface area contributed by atoms with E-state index in [9.17, 15) is 4.79 Å². The summed E-state index contributed by atoms with van der Waals surface area (Å²) in [6.07, 6.45) is 2.12. The first-order chi connectivity index (χ1) is 7.24. The first kappa shape index (κ1) is 11.8. The summed E-state index contributed by atoms with van der Waals surface area (Å²) < 4.78 is 6.61. The number of hydrogen-bond donors (Lipinski definition) is 0. The predicted octanol–water partition coefficient (Wildman–Crippen LogP) is 1.95. The summed E-state index contributed by atoms with van der Waals surface area (Å²) in [4.78, 5) is 15.5. The second-order valence-electron chi connectivity index (χ2n) is 3.21. The molecule has 84 valence electrons. The molecule has 0 spiro atoms. The molecule has 0 saturated carbocycles. The highest BCUT2D eigenvalue weighted by atomic mass is 16.5. The molecule has 0 radical (unpaired) electrons. The summed E-state index contributed by atoms with van der Waals surface area (Å²) in [6, 6.07) is 0. The van der Waals surface area contributed by atoms with Crippen molar-refractivity contribution >= 4 is 5.97 Å². The van der Waals surface area contributed by atoms with E-state index in [1.165, 1.54) is 12.8 Å². The van der Waals surface area contributed by atoms with Crippen LogP contribution in [0.5, 0.6) is 0 Å². The summed E-state index contributed by atoms with van der Waals surface area (Å²) in [7, 11) is 1.38. The van der Waals surface area contributed by atoms with Gasteiger partial charge in [-0.05, 0) is 19.8 Å². The molecule has 0 amide bonds. The summed E-state index contributed by atoms with van der Waals surface area (Å²) >= 11 is 0. The topological polar surface area (TPSA) is 44.1 Å². The molecule has 0 atom stereocenters. The molecule has 15 heavy (non-hydrogen) atoms. The fraction of sp³-hybridized carbons (Fsp3) is 0.636. The third kappa shape index (κ3) is 2.03. The Bertz CT molecular complexity index is 356. The van der Waals surface area contributed by atoms with E-state index in [0.717, 1.165) is 25.1 Å². The summed E-state index contributed by atoms with van der Waals surface area (Å²) in [5, 5.41) is 0. The lowest BCUT2D eigenvalue weighted by atomic mass is 10.2. The van der Waals surface area contributed by atoms with Gasteiger partial charge in [-0.15, -0.1) is 0 Å². The standard InChI is InChI=1S/C9H12N2O2.C2H6/c1-6-7-4-3-5-11(7)8(10-6)9(12)13-2;1-2/h3-5H2,1-2H3;1-2H3. The van der Waals surface area contributed by atoms with Gasteiger partial charge in [-0.2, -0.15) is 0 Å². The minimum absolute atomic E-state index is 0.337. The van der Waals surface area contributed by atoms with Crippen LogP contribution in [0.4, 0.5) is 0 Å². The van der Waals surface area contributed by atoms with Crippen LogP contribution in [0, 0.1) is 6.92 Å². The number of aromatic nitrogens is 2. The number of nitrogens with zero attached hydrogens (tertiary/aromatic N) is 2. The number of esters is 1. The van der Waals surface area contributed by atoms with Crippen molar-refractivity contribution in [3.05, 3.63) is 17.2 Å². The molecule has 1 aliphatic heterocycles. The average Bonchev–Trinajstić information content (AvgIpc) is 2.85. The fourth-order valence-corrected chi connectivity index (χ4v) is 1.82. The molecule has 0 aromatic carbocycles. The van der Waals surface area contributed by atoms with Gasteiger partial charge in [0.15, 0.2) is 0 Å². The van der Waals surface area contributed by atoms with E-state index in [4.69, 9.17) is 0 Å². The maximum absolute atomic E-state index is 11.3. The number of ether oxygens (including phenoxy) is 1. The van der Waals surface area contributed by atoms with Crippen molar-refractivity contribution in [1.82, 2.24) is 9.55 Å². The highest BCUT2D eigenvalue weighted by molar-refractivity contribution is 5.85. The monoisotopic (exact) mass is 210 g/mol. The number of carbonyl (C=O) groups is 1. The zero-order valence-electron chi connectivity index (χ0n) is 9.83. The van der Waals surface area contributed by atoms with Crippen molar-refractivity contribution in [2.75, 3.05) is 7.11 Å². The quantitative estimate of drug-likeness (QED) is 0.665. The molecule has 0 aliphatic carbocycles. The molecule has 1 aromatic heterocycles. The third-order valence-corrected chi connectivity index (χ3v) is 2.44. The van der Waals surface area contributed by atoms with Crippen molar-refractivity contribution in [2.45, 2.75) is 40.2 Å². The van der Waals surface area contributed by atoms with Gasteiger partial charge in [0.25, 0.3) is 0 Å². The van der Waals surface area contributed by atoms with Crippen LogP contribution in [0.25, 0.3) is 0 Å². The number of aryl methyl sites for hydroxylation is 1. The van der Waals surface area contributed by atoms with Crippen molar-refractivity contribution in [3.63, 3.8) is 0 Å². The molecule has 0 saturated heterocycles. The lowest BCUT2D eigenvalue weighted by Crippen LogP contribution is -2.10. The number of carbonyl (C=O) groups excluding carboxylic acids is 1. The maximum atomic E-state index is 11.3. The molecular formula is C11H18N2O2. The number of fused-ring (bicyclic) bond motifs is 1. The van der Waals surface area contributed by atoms with Crippen molar-refractivity contribution < 1.29 is 9.53 Å². The lowest BCUT2D eigenvalue weighted by molar-refractivity contribution is 0.0581. The Kier molecular flexibility index (Phi) is 3.88. The van der Waals surface area contributed by atoms with Gasteiger partial charge in [0.1, 0.15) is 0 Å². The van der Waals surface area contributed by atoms with Crippen LogP contribution in [0.15, 0.2) is 0 Å². The van der Waals surface area contributed by atoms with Gasteiger partial charge >= 0.3 is 5.97 Å². The highest BCUT2D eigenvalue weighted by Crippen LogP contribution is 2.20. The number of rotatable bonds is 1. The number of methoxy groups -OCH3 is 1. The second-order valence-corrected chi connectivity index (χ2v) is 3.21. The minimum atomic E-state index is -0.337. The van der Waals surface area contributed by atoms with Gasteiger partial charge in [-0.3, -0.25) is 0 Å². The van der Waals surface area contributed by atoms with E-state index >= 15 is 0 Å². The molecule has 0 N–H and O–H groups in total. The van der Waals surface area contributed by atoms with Gasteiger partial charge in [0, 0.05) is 12.2 Å². The SMILES string of the molecule is CC.COC(=O)c1nc(C)c2n1CCC2. The smallest absolute Gasteiger partial charge is 0.374 e. The Labute approximate surface area is 90.3 Å². The van der Waals surface area contributed by atoms with Crippen LogP contribution >= 0.6 is 0 Å². The van der Waals surface area contributed by atoms with Gasteiger partial charge < -0.3 is 9.30 Å². The summed E-state index contributed by atoms with van der Waals surface area (Å²) in [5.41, 5.74) is 2.14. The second kappa shape index (κ2) is 4.96. The van der Waals surface area contributed by atoms with E-state index in [2.05, 4.69) is 9.72 Å². The van der Waals surface area contributed by atoms with Crippen molar-refractivity contribution in [1.29, 1.82) is 0 Å². The van der Waals surface area contributed by atoms with Crippen LogP contribution < -0.4 is 0 Å². The summed E-state index contributed by atoms with van der Waals surface area (Å²) in [6.45, 7) is 6.82. The highest BCUT2D eigenvalue weighted by Gasteiger charge is 2.23. The number of imidazole rings is 1. The third-order valence-electron chi connectivity index (χ3n) is 2.44. The zero-order chi connectivity index (χ0) is 11.4. The van der Waals surface area contributed by atoms with Gasteiger partial charge in [-0.25, -0.2) is 9.78 Å². The Hall–Kier alpha value is -1.32. The minimum Gasteiger partial charge on any atom is -0.463 e. The first-order valence-corrected chi connectivity index (χ1v) is 5.38. The lowest BCUT2D eigenvalue weighted by Gasteiger charge is -2.00. The van der Waals surface area contributed by atoms with Crippen LogP contribution in [0.1, 0.15) is 42.3 Å². The van der Waals surface area contributed by atoms with Crippen LogP contribution in [0.3, 0.4) is 0 Å². The predicted molar refractivity (Wildman–Crippen MR) is 58.0 cm³/mol. The molecule has 4 nitrogen and oxygen atoms in total. The summed E-state index contributed by atoms with van der Waals surface area (Å²) in [5.74, 6) is 0.115. The molecule has 4 heteroatoms. The van der Waals surface area contributed by atoms with E-state index in [1.54, 1.807) is 0 Å². The molecule has 2 heterocycles. The normalized spacial score (nSPS) is 12.8. The van der Waals surface area contributed by atoms with Crippen molar-refractivity contribution in [2.24, 2.45) is 0 Å². The average molecular weight is 210 g/mol. The van der Waals surface area contributed by atoms with E-state index in [0.29, 0.717) is 5.82 Å². The van der Waals surface area contributed by atoms with Gasteiger partial charge in [0.05, 0.1) is 12.8 Å². The molecule has 1 aliphatic rings. The Morgan fingerprint density at radius 2 is 2.13 bits per heavy atom. The Morgan fingerprint density at radius 3 is 2.73 bits per heavy atom. The molecular weight excluding hydrogens is 192 g/mol. The molecule has 1 aromatic rings. The molecule has 0 unspecified atom stereocenters. The largest absolute Gasteiger partial charge is 0.463 e. The molecule has 2 rings (SSSR count). The molecule has 0 fully saturated rings. The fourth-order valence-electron chi connectivity index (χ4n) is 1.82.